The summed E-state index contributed by atoms with van der Waals surface area (Å²) in [5.41, 5.74) is 2.86. The molecular formula is C16H18N6O. The third-order valence-corrected chi connectivity index (χ3v) is 4.25. The van der Waals surface area contributed by atoms with Gasteiger partial charge in [0.2, 0.25) is 0 Å². The summed E-state index contributed by atoms with van der Waals surface area (Å²) < 4.78 is 3.77. The van der Waals surface area contributed by atoms with Crippen molar-refractivity contribution in [2.24, 2.45) is 0 Å². The average molecular weight is 310 g/mol. The second-order valence-electron chi connectivity index (χ2n) is 6.01. The molecule has 0 aliphatic carbocycles. The van der Waals surface area contributed by atoms with Gasteiger partial charge in [-0.1, -0.05) is 0 Å². The Morgan fingerprint density at radius 2 is 2.26 bits per heavy atom. The van der Waals surface area contributed by atoms with Crippen molar-refractivity contribution in [1.29, 1.82) is 0 Å². The first-order valence-electron chi connectivity index (χ1n) is 7.75. The predicted molar refractivity (Wildman–Crippen MR) is 84.3 cm³/mol. The van der Waals surface area contributed by atoms with Crippen molar-refractivity contribution in [3.05, 3.63) is 47.4 Å². The van der Waals surface area contributed by atoms with Gasteiger partial charge in [0.05, 0.1) is 11.4 Å². The lowest BCUT2D eigenvalue weighted by atomic mass is 10.1. The van der Waals surface area contributed by atoms with Gasteiger partial charge in [-0.3, -0.25) is 4.79 Å². The molecule has 4 rings (SSSR count). The number of carbonyl (C=O) groups excluding carboxylic acids is 1. The van der Waals surface area contributed by atoms with Gasteiger partial charge < -0.3 is 9.88 Å². The molecule has 23 heavy (non-hydrogen) atoms. The molecule has 1 aliphatic rings. The van der Waals surface area contributed by atoms with Gasteiger partial charge in [0, 0.05) is 37.6 Å². The molecule has 0 saturated carbocycles. The molecule has 1 N–H and O–H groups in total. The number of carbonyl (C=O) groups is 1. The number of hydrogen-bond donors (Lipinski definition) is 1. The van der Waals surface area contributed by atoms with E-state index in [2.05, 4.69) is 25.0 Å². The number of nitrogens with one attached hydrogen (secondary N) is 1. The summed E-state index contributed by atoms with van der Waals surface area (Å²) in [7, 11) is 0. The highest BCUT2D eigenvalue weighted by molar-refractivity contribution is 6.01. The second-order valence-corrected chi connectivity index (χ2v) is 6.01. The van der Waals surface area contributed by atoms with E-state index in [1.54, 1.807) is 23.0 Å². The first-order chi connectivity index (χ1) is 11.1. The van der Waals surface area contributed by atoms with Crippen molar-refractivity contribution in [2.45, 2.75) is 39.3 Å². The summed E-state index contributed by atoms with van der Waals surface area (Å²) in [5.74, 6) is 0.989. The van der Waals surface area contributed by atoms with Crippen LogP contribution in [0.3, 0.4) is 0 Å². The first kappa shape index (κ1) is 13.9. The molecule has 1 aliphatic heterocycles. The van der Waals surface area contributed by atoms with Crippen LogP contribution in [-0.2, 0) is 13.0 Å². The van der Waals surface area contributed by atoms with Gasteiger partial charge in [-0.05, 0) is 26.3 Å². The van der Waals surface area contributed by atoms with E-state index in [-0.39, 0.29) is 11.9 Å². The number of imidazole rings is 1. The van der Waals surface area contributed by atoms with Crippen molar-refractivity contribution in [1.82, 2.24) is 29.5 Å². The number of aromatic nitrogens is 5. The van der Waals surface area contributed by atoms with Crippen LogP contribution in [0.2, 0.25) is 0 Å². The number of aryl methyl sites for hydroxylation is 3. The molecule has 1 atom stereocenters. The number of nitrogens with zero attached hydrogens (tertiary/aromatic N) is 5. The van der Waals surface area contributed by atoms with Crippen LogP contribution in [-0.4, -0.2) is 36.1 Å². The Labute approximate surface area is 133 Å². The van der Waals surface area contributed by atoms with Gasteiger partial charge in [-0.15, -0.1) is 0 Å². The zero-order valence-electron chi connectivity index (χ0n) is 13.2. The normalized spacial score (nSPS) is 17.2. The molecule has 0 aromatic carbocycles. The molecular weight excluding hydrogens is 292 g/mol. The second kappa shape index (κ2) is 5.19. The maximum atomic E-state index is 12.7. The zero-order chi connectivity index (χ0) is 16.0. The monoisotopic (exact) mass is 310 g/mol. The van der Waals surface area contributed by atoms with Crippen molar-refractivity contribution >= 4 is 11.6 Å². The molecule has 0 fully saturated rings. The molecule has 4 heterocycles. The third-order valence-electron chi connectivity index (χ3n) is 4.25. The van der Waals surface area contributed by atoms with E-state index >= 15 is 0 Å². The molecule has 0 radical (unpaired) electrons. The summed E-state index contributed by atoms with van der Waals surface area (Å²) in [5, 5.41) is 7.47. The van der Waals surface area contributed by atoms with Crippen molar-refractivity contribution in [3.63, 3.8) is 0 Å². The molecule has 3 aromatic rings. The molecule has 0 saturated heterocycles. The van der Waals surface area contributed by atoms with E-state index < -0.39 is 0 Å². The van der Waals surface area contributed by atoms with Gasteiger partial charge in [0.25, 0.3) is 5.91 Å². The minimum absolute atomic E-state index is 0.0988. The van der Waals surface area contributed by atoms with Crippen LogP contribution in [0.25, 0.3) is 5.65 Å². The Morgan fingerprint density at radius 1 is 1.39 bits per heavy atom. The van der Waals surface area contributed by atoms with E-state index in [0.29, 0.717) is 16.9 Å². The Hall–Kier alpha value is -2.70. The summed E-state index contributed by atoms with van der Waals surface area (Å²) in [6.45, 7) is 4.59. The van der Waals surface area contributed by atoms with Crippen LogP contribution in [0.15, 0.2) is 24.7 Å². The minimum Gasteiger partial charge on any atom is -0.347 e. The highest BCUT2D eigenvalue weighted by atomic mass is 16.1. The van der Waals surface area contributed by atoms with Crippen molar-refractivity contribution in [2.75, 3.05) is 0 Å². The van der Waals surface area contributed by atoms with Gasteiger partial charge in [-0.2, -0.15) is 5.10 Å². The molecule has 0 spiro atoms. The van der Waals surface area contributed by atoms with E-state index in [9.17, 15) is 4.79 Å². The van der Waals surface area contributed by atoms with Crippen LogP contribution in [0.4, 0.5) is 0 Å². The third kappa shape index (κ3) is 2.38. The van der Waals surface area contributed by atoms with Crippen LogP contribution in [0.1, 0.15) is 34.0 Å². The number of fused-ring (bicyclic) bond motifs is 2. The van der Waals surface area contributed by atoms with Crippen LogP contribution in [0.5, 0.6) is 0 Å². The average Bonchev–Trinajstić information content (AvgIpc) is 3.04. The minimum atomic E-state index is -0.110. The SMILES string of the molecule is Cc1cn2c(n1)CCC(NC(=O)c1c(C)nn3cccnc13)C2. The molecule has 0 bridgehead atoms. The predicted octanol–water partition coefficient (Wildman–Crippen LogP) is 1.29. The van der Waals surface area contributed by atoms with E-state index in [0.717, 1.165) is 30.9 Å². The fourth-order valence-corrected chi connectivity index (χ4v) is 3.22. The summed E-state index contributed by atoms with van der Waals surface area (Å²) in [6, 6.07) is 1.90. The van der Waals surface area contributed by atoms with Gasteiger partial charge in [0.15, 0.2) is 5.65 Å². The fraction of sp³-hybridized carbons (Fsp3) is 0.375. The van der Waals surface area contributed by atoms with Crippen molar-refractivity contribution < 1.29 is 4.79 Å². The Balaban J connectivity index is 1.57. The van der Waals surface area contributed by atoms with Gasteiger partial charge in [0.1, 0.15) is 11.4 Å². The van der Waals surface area contributed by atoms with E-state index in [1.807, 2.05) is 20.0 Å². The largest absolute Gasteiger partial charge is 0.347 e. The number of hydrogen-bond acceptors (Lipinski definition) is 4. The number of rotatable bonds is 2. The summed E-state index contributed by atoms with van der Waals surface area (Å²) in [6.07, 6.45) is 7.29. The maximum Gasteiger partial charge on any atom is 0.257 e. The van der Waals surface area contributed by atoms with Crippen LogP contribution in [0, 0.1) is 13.8 Å². The Kier molecular flexibility index (Phi) is 3.14. The quantitative estimate of drug-likeness (QED) is 0.773. The van der Waals surface area contributed by atoms with Crippen LogP contribution >= 0.6 is 0 Å². The highest BCUT2D eigenvalue weighted by Gasteiger charge is 2.24. The number of amides is 1. The lowest BCUT2D eigenvalue weighted by Crippen LogP contribution is -2.41. The Bertz CT molecular complexity index is 893. The van der Waals surface area contributed by atoms with Crippen LogP contribution < -0.4 is 5.32 Å². The first-order valence-corrected chi connectivity index (χ1v) is 7.75. The molecule has 1 amide bonds. The lowest BCUT2D eigenvalue weighted by molar-refractivity contribution is 0.0928. The smallest absolute Gasteiger partial charge is 0.257 e. The standard InChI is InChI=1S/C16H18N6O/c1-10-8-21-9-12(4-5-13(21)18-10)19-16(23)14-11(2)20-22-7-3-6-17-15(14)22/h3,6-8,12H,4-5,9H2,1-2H3,(H,19,23). The lowest BCUT2D eigenvalue weighted by Gasteiger charge is -2.24. The molecule has 7 nitrogen and oxygen atoms in total. The highest BCUT2D eigenvalue weighted by Crippen LogP contribution is 2.17. The van der Waals surface area contributed by atoms with Crippen molar-refractivity contribution in [3.8, 4) is 0 Å². The van der Waals surface area contributed by atoms with Gasteiger partial charge >= 0.3 is 0 Å². The molecule has 1 unspecified atom stereocenters. The molecule has 3 aromatic heterocycles. The van der Waals surface area contributed by atoms with E-state index in [1.165, 1.54) is 0 Å². The summed E-state index contributed by atoms with van der Waals surface area (Å²) in [4.78, 5) is 21.5. The zero-order valence-corrected chi connectivity index (χ0v) is 13.2. The summed E-state index contributed by atoms with van der Waals surface area (Å²) >= 11 is 0. The molecule has 118 valence electrons. The van der Waals surface area contributed by atoms with Gasteiger partial charge in [-0.25, -0.2) is 14.5 Å². The Morgan fingerprint density at radius 3 is 3.13 bits per heavy atom. The van der Waals surface area contributed by atoms with E-state index in [4.69, 9.17) is 0 Å². The maximum absolute atomic E-state index is 12.7. The molecule has 7 heteroatoms. The fourth-order valence-electron chi connectivity index (χ4n) is 3.22. The topological polar surface area (TPSA) is 77.1 Å².